The molecule has 0 N–H and O–H groups in total. The Morgan fingerprint density at radius 3 is 1.94 bits per heavy atom. The molecular weight excluding hydrogens is 452 g/mol. The van der Waals surface area contributed by atoms with E-state index in [2.05, 4.69) is 5.10 Å². The van der Waals surface area contributed by atoms with Crippen LogP contribution in [0, 0.1) is 0 Å². The van der Waals surface area contributed by atoms with E-state index in [-0.39, 0.29) is 12.3 Å². The lowest BCUT2D eigenvalue weighted by atomic mass is 10.0. The van der Waals surface area contributed by atoms with Crippen molar-refractivity contribution >= 4 is 57.7 Å². The van der Waals surface area contributed by atoms with E-state index in [1.165, 1.54) is 42.4 Å². The van der Waals surface area contributed by atoms with Crippen molar-refractivity contribution in [2.24, 2.45) is 5.10 Å². The van der Waals surface area contributed by atoms with E-state index in [0.29, 0.717) is 4.38 Å². The van der Waals surface area contributed by atoms with Crippen LogP contribution in [0.25, 0.3) is 0 Å². The second kappa shape index (κ2) is 12.5. The summed E-state index contributed by atoms with van der Waals surface area (Å²) in [7, 11) is 0. The molecule has 4 atom stereocenters. The highest BCUT2D eigenvalue weighted by Crippen LogP contribution is 2.35. The largest absolute Gasteiger partial charge is 0.462 e. The Hall–Kier alpha value is -2.28. The molecule has 0 aromatic heterocycles. The van der Waals surface area contributed by atoms with Crippen LogP contribution < -0.4 is 0 Å². The van der Waals surface area contributed by atoms with Gasteiger partial charge in [-0.05, 0) is 6.26 Å². The summed E-state index contributed by atoms with van der Waals surface area (Å²) in [6, 6.07) is 0. The summed E-state index contributed by atoms with van der Waals surface area (Å²) in [4.78, 5) is 58.4. The number of carbonyl (C=O) groups is 5. The number of rotatable bonds is 9. The van der Waals surface area contributed by atoms with Gasteiger partial charge in [0.2, 0.25) is 5.91 Å². The van der Waals surface area contributed by atoms with Crippen molar-refractivity contribution in [3.8, 4) is 0 Å². The minimum atomic E-state index is -1.29. The maximum atomic E-state index is 12.0. The van der Waals surface area contributed by atoms with E-state index in [9.17, 15) is 24.0 Å². The monoisotopic (exact) mass is 478 g/mol. The van der Waals surface area contributed by atoms with Gasteiger partial charge in [0.15, 0.2) is 16.6 Å². The first-order valence-corrected chi connectivity index (χ1v) is 11.3. The third-order valence-corrected chi connectivity index (χ3v) is 5.92. The molecular formula is C18H26N2O9S2. The first-order chi connectivity index (χ1) is 14.4. The molecule has 0 aromatic rings. The highest BCUT2D eigenvalue weighted by molar-refractivity contribution is 8.39. The zero-order valence-electron chi connectivity index (χ0n) is 18.1. The highest BCUT2D eigenvalue weighted by Gasteiger charge is 2.42. The fourth-order valence-electron chi connectivity index (χ4n) is 2.70. The van der Waals surface area contributed by atoms with Crippen molar-refractivity contribution < 1.29 is 42.9 Å². The van der Waals surface area contributed by atoms with Crippen LogP contribution in [-0.4, -0.2) is 75.7 Å². The van der Waals surface area contributed by atoms with Crippen LogP contribution in [0.1, 0.15) is 41.0 Å². The SMILES string of the molecule is CSC1=NN(C(C)=O)C(C[C@H](OC(C)=O)[C@@H](OC(C)=O)[C@H](COC(C)=O)OC(C)=O)S1. The van der Waals surface area contributed by atoms with Gasteiger partial charge in [0.1, 0.15) is 18.1 Å². The number of hydrazone groups is 1. The smallest absolute Gasteiger partial charge is 0.303 e. The Morgan fingerprint density at radius 1 is 0.935 bits per heavy atom. The van der Waals surface area contributed by atoms with E-state index >= 15 is 0 Å². The molecule has 0 aliphatic carbocycles. The van der Waals surface area contributed by atoms with Crippen molar-refractivity contribution in [2.75, 3.05) is 12.9 Å². The summed E-state index contributed by atoms with van der Waals surface area (Å²) in [5.41, 5.74) is 0. The molecule has 0 radical (unpaired) electrons. The lowest BCUT2D eigenvalue weighted by Crippen LogP contribution is -2.49. The Bertz CT molecular complexity index is 744. The zero-order chi connectivity index (χ0) is 23.7. The van der Waals surface area contributed by atoms with Gasteiger partial charge < -0.3 is 18.9 Å². The first-order valence-electron chi connectivity index (χ1n) is 9.18. The summed E-state index contributed by atoms with van der Waals surface area (Å²) in [5.74, 6) is -3.10. The van der Waals surface area contributed by atoms with E-state index in [1.54, 1.807) is 6.26 Å². The van der Waals surface area contributed by atoms with Crippen molar-refractivity contribution in [1.82, 2.24) is 5.01 Å². The topological polar surface area (TPSA) is 138 Å². The fourth-order valence-corrected chi connectivity index (χ4v) is 4.54. The van der Waals surface area contributed by atoms with Crippen LogP contribution in [0.4, 0.5) is 0 Å². The van der Waals surface area contributed by atoms with Gasteiger partial charge in [-0.3, -0.25) is 24.0 Å². The number of hydrogen-bond acceptors (Lipinski definition) is 12. The number of hydrogen-bond donors (Lipinski definition) is 0. The molecule has 0 saturated heterocycles. The summed E-state index contributed by atoms with van der Waals surface area (Å²) >= 11 is 2.62. The summed E-state index contributed by atoms with van der Waals surface area (Å²) in [6.07, 6.45) is -1.86. The molecule has 11 nitrogen and oxygen atoms in total. The molecule has 1 amide bonds. The molecule has 0 fully saturated rings. The minimum Gasteiger partial charge on any atom is -0.462 e. The minimum absolute atomic E-state index is 0.00711. The van der Waals surface area contributed by atoms with E-state index in [0.717, 1.165) is 20.8 Å². The Labute approximate surface area is 188 Å². The van der Waals surface area contributed by atoms with E-state index in [1.807, 2.05) is 0 Å². The normalized spacial score (nSPS) is 18.3. The number of esters is 4. The fraction of sp³-hybridized carbons (Fsp3) is 0.667. The van der Waals surface area contributed by atoms with E-state index in [4.69, 9.17) is 18.9 Å². The standard InChI is InChI=1S/C18H26N2O9S2/c1-9(21)20-16(31-18(19-20)30-6)7-14(27-11(3)23)17(29-13(5)25)15(28-12(4)24)8-26-10(2)22/h14-17H,7-8H2,1-6H3/t14-,15-,16?,17+/m0/s1. The molecule has 1 aliphatic heterocycles. The summed E-state index contributed by atoms with van der Waals surface area (Å²) < 4.78 is 21.5. The predicted octanol–water partition coefficient (Wildman–Crippen LogP) is 1.29. The molecule has 1 heterocycles. The van der Waals surface area contributed by atoms with Gasteiger partial charge in [-0.15, -0.1) is 11.8 Å². The number of thioether (sulfide) groups is 2. The lowest BCUT2D eigenvalue weighted by Gasteiger charge is -2.33. The molecule has 174 valence electrons. The number of amides is 1. The molecule has 13 heteroatoms. The first kappa shape index (κ1) is 26.8. The van der Waals surface area contributed by atoms with Crippen LogP contribution in [-0.2, 0) is 42.9 Å². The van der Waals surface area contributed by atoms with Gasteiger partial charge in [0, 0.05) is 41.0 Å². The van der Waals surface area contributed by atoms with Crippen molar-refractivity contribution in [1.29, 1.82) is 0 Å². The summed E-state index contributed by atoms with van der Waals surface area (Å²) in [5, 5.41) is 4.90. The number of ether oxygens (including phenoxy) is 4. The van der Waals surface area contributed by atoms with Gasteiger partial charge in [0.25, 0.3) is 0 Å². The van der Waals surface area contributed by atoms with Crippen molar-refractivity contribution in [2.45, 2.75) is 64.7 Å². The van der Waals surface area contributed by atoms with Gasteiger partial charge in [-0.2, -0.15) is 5.10 Å². The molecule has 1 unspecified atom stereocenters. The Morgan fingerprint density at radius 2 is 1.48 bits per heavy atom. The molecule has 0 bridgehead atoms. The second-order valence-electron chi connectivity index (χ2n) is 6.41. The zero-order valence-corrected chi connectivity index (χ0v) is 19.7. The van der Waals surface area contributed by atoms with Gasteiger partial charge in [0.05, 0.1) is 0 Å². The highest BCUT2D eigenvalue weighted by atomic mass is 32.2. The van der Waals surface area contributed by atoms with Gasteiger partial charge in [-0.1, -0.05) is 11.8 Å². The van der Waals surface area contributed by atoms with Gasteiger partial charge >= 0.3 is 23.9 Å². The molecule has 0 aromatic carbocycles. The van der Waals surface area contributed by atoms with Crippen LogP contribution in [0.2, 0.25) is 0 Å². The quantitative estimate of drug-likeness (QED) is 0.350. The van der Waals surface area contributed by atoms with Crippen molar-refractivity contribution in [3.63, 3.8) is 0 Å². The van der Waals surface area contributed by atoms with Crippen LogP contribution in [0.15, 0.2) is 5.10 Å². The molecule has 1 rings (SSSR count). The number of nitrogens with zero attached hydrogens (tertiary/aromatic N) is 2. The second-order valence-corrected chi connectivity index (χ2v) is 8.63. The summed E-state index contributed by atoms with van der Waals surface area (Å²) in [6.45, 7) is 5.51. The average molecular weight is 479 g/mol. The lowest BCUT2D eigenvalue weighted by molar-refractivity contribution is -0.190. The average Bonchev–Trinajstić information content (AvgIpc) is 3.05. The third kappa shape index (κ3) is 9.17. The van der Waals surface area contributed by atoms with Crippen LogP contribution in [0.3, 0.4) is 0 Å². The Balaban J connectivity index is 3.25. The van der Waals surface area contributed by atoms with E-state index < -0.39 is 54.2 Å². The van der Waals surface area contributed by atoms with Crippen LogP contribution in [0.5, 0.6) is 0 Å². The maximum absolute atomic E-state index is 12.0. The third-order valence-electron chi connectivity index (χ3n) is 3.75. The van der Waals surface area contributed by atoms with Gasteiger partial charge in [-0.25, -0.2) is 5.01 Å². The number of carbonyl (C=O) groups excluding carboxylic acids is 5. The molecule has 0 saturated carbocycles. The molecule has 0 spiro atoms. The predicted molar refractivity (Wildman–Crippen MR) is 113 cm³/mol. The Kier molecular flexibility index (Phi) is 10.8. The maximum Gasteiger partial charge on any atom is 0.303 e. The molecule has 31 heavy (non-hydrogen) atoms. The van der Waals surface area contributed by atoms with Crippen LogP contribution >= 0.6 is 23.5 Å². The molecule has 1 aliphatic rings. The van der Waals surface area contributed by atoms with Crippen molar-refractivity contribution in [3.05, 3.63) is 0 Å².